The van der Waals surface area contributed by atoms with E-state index in [4.69, 9.17) is 0 Å². The summed E-state index contributed by atoms with van der Waals surface area (Å²) in [5, 5.41) is 0. The second-order valence-electron chi connectivity index (χ2n) is 6.11. The van der Waals surface area contributed by atoms with Crippen LogP contribution in [-0.4, -0.2) is 22.3 Å². The van der Waals surface area contributed by atoms with Crippen molar-refractivity contribution in [1.82, 2.24) is 9.88 Å². The van der Waals surface area contributed by atoms with E-state index in [0.29, 0.717) is 6.54 Å². The number of pyridine rings is 1. The molecule has 1 aliphatic rings. The minimum atomic E-state index is -0.486. The Morgan fingerprint density at radius 3 is 2.52 bits per heavy atom. The molecular weight excluding hydrogens is 315 g/mol. The number of halogens is 1. The fraction of sp³-hybridized carbons (Fsp3) is 0.143. The van der Waals surface area contributed by atoms with Crippen molar-refractivity contribution in [3.8, 4) is 0 Å². The van der Waals surface area contributed by atoms with E-state index in [0.717, 1.165) is 17.5 Å². The van der Waals surface area contributed by atoms with Crippen LogP contribution in [0.2, 0.25) is 0 Å². The van der Waals surface area contributed by atoms with Crippen LogP contribution in [0.15, 0.2) is 73.1 Å². The fourth-order valence-electron chi connectivity index (χ4n) is 3.48. The van der Waals surface area contributed by atoms with Crippen LogP contribution in [-0.2, 0) is 6.42 Å². The molecule has 1 aliphatic heterocycles. The van der Waals surface area contributed by atoms with Crippen molar-refractivity contribution >= 4 is 5.91 Å². The summed E-state index contributed by atoms with van der Waals surface area (Å²) in [5.74, 6) is -0.769. The maximum Gasteiger partial charge on any atom is 0.257 e. The first kappa shape index (κ1) is 15.5. The summed E-state index contributed by atoms with van der Waals surface area (Å²) in [7, 11) is 0. The molecule has 1 unspecified atom stereocenters. The second-order valence-corrected chi connectivity index (χ2v) is 6.11. The molecule has 4 rings (SSSR count). The van der Waals surface area contributed by atoms with E-state index in [2.05, 4.69) is 11.1 Å². The maximum absolute atomic E-state index is 14.2. The molecule has 3 nitrogen and oxygen atoms in total. The smallest absolute Gasteiger partial charge is 0.257 e. The van der Waals surface area contributed by atoms with Crippen LogP contribution in [0.4, 0.5) is 4.39 Å². The molecule has 1 aromatic heterocycles. The van der Waals surface area contributed by atoms with Crippen molar-refractivity contribution in [2.45, 2.75) is 12.5 Å². The highest BCUT2D eigenvalue weighted by molar-refractivity contribution is 5.95. The summed E-state index contributed by atoms with van der Waals surface area (Å²) in [6.07, 6.45) is 4.20. The average Bonchev–Trinajstić information content (AvgIpc) is 2.67. The Morgan fingerprint density at radius 2 is 1.72 bits per heavy atom. The lowest BCUT2D eigenvalue weighted by atomic mass is 9.88. The van der Waals surface area contributed by atoms with E-state index in [1.165, 1.54) is 11.6 Å². The Kier molecular flexibility index (Phi) is 4.02. The molecule has 0 spiro atoms. The van der Waals surface area contributed by atoms with Gasteiger partial charge in [0.05, 0.1) is 11.6 Å². The summed E-state index contributed by atoms with van der Waals surface area (Å²) < 4.78 is 14.2. The van der Waals surface area contributed by atoms with Crippen LogP contribution in [0.5, 0.6) is 0 Å². The van der Waals surface area contributed by atoms with E-state index in [9.17, 15) is 9.18 Å². The van der Waals surface area contributed by atoms with Gasteiger partial charge in [-0.05, 0) is 47.4 Å². The van der Waals surface area contributed by atoms with Crippen LogP contribution in [0.1, 0.15) is 33.1 Å². The van der Waals surface area contributed by atoms with Gasteiger partial charge in [0.25, 0.3) is 5.91 Å². The quantitative estimate of drug-likeness (QED) is 0.710. The standard InChI is InChI=1S/C21H17FN2O/c22-19-8-4-3-7-18(19)21(25)24-14-11-15-5-1-2-6-17(15)20(24)16-9-12-23-13-10-16/h1-10,12-13,20H,11,14H2. The van der Waals surface area contributed by atoms with Gasteiger partial charge in [-0.25, -0.2) is 4.39 Å². The molecule has 1 amide bonds. The van der Waals surface area contributed by atoms with Gasteiger partial charge in [-0.3, -0.25) is 9.78 Å². The number of amides is 1. The molecule has 4 heteroatoms. The third-order valence-corrected chi connectivity index (χ3v) is 4.67. The third-order valence-electron chi connectivity index (χ3n) is 4.67. The predicted molar refractivity (Wildman–Crippen MR) is 93.7 cm³/mol. The predicted octanol–water partition coefficient (Wildman–Crippen LogP) is 4.01. The fourth-order valence-corrected chi connectivity index (χ4v) is 3.48. The summed E-state index contributed by atoms with van der Waals surface area (Å²) >= 11 is 0. The number of nitrogens with zero attached hydrogens (tertiary/aromatic N) is 2. The number of carbonyl (C=O) groups is 1. The normalized spacial score (nSPS) is 16.4. The molecule has 25 heavy (non-hydrogen) atoms. The molecular formula is C21H17FN2O. The Morgan fingerprint density at radius 1 is 1.00 bits per heavy atom. The minimum Gasteiger partial charge on any atom is -0.327 e. The summed E-state index contributed by atoms with van der Waals surface area (Å²) in [4.78, 5) is 18.9. The second kappa shape index (κ2) is 6.48. The third kappa shape index (κ3) is 2.80. The van der Waals surface area contributed by atoms with Crippen molar-refractivity contribution in [1.29, 1.82) is 0 Å². The lowest BCUT2D eigenvalue weighted by molar-refractivity contribution is 0.0689. The molecule has 0 saturated carbocycles. The van der Waals surface area contributed by atoms with Crippen molar-refractivity contribution in [3.05, 3.63) is 101 Å². The van der Waals surface area contributed by atoms with Crippen molar-refractivity contribution < 1.29 is 9.18 Å². The van der Waals surface area contributed by atoms with E-state index in [-0.39, 0.29) is 17.5 Å². The van der Waals surface area contributed by atoms with E-state index >= 15 is 0 Å². The lowest BCUT2D eigenvalue weighted by Crippen LogP contribution is -2.41. The summed E-state index contributed by atoms with van der Waals surface area (Å²) in [5.41, 5.74) is 3.40. The van der Waals surface area contributed by atoms with Crippen LogP contribution < -0.4 is 0 Å². The Balaban J connectivity index is 1.82. The Bertz CT molecular complexity index is 911. The molecule has 0 saturated heterocycles. The highest BCUT2D eigenvalue weighted by Gasteiger charge is 2.33. The van der Waals surface area contributed by atoms with Crippen LogP contribution >= 0.6 is 0 Å². The maximum atomic E-state index is 14.2. The van der Waals surface area contributed by atoms with Gasteiger partial charge < -0.3 is 4.90 Å². The van der Waals surface area contributed by atoms with Gasteiger partial charge in [0.1, 0.15) is 5.82 Å². The molecule has 0 radical (unpaired) electrons. The number of rotatable bonds is 2. The molecule has 0 N–H and O–H groups in total. The summed E-state index contributed by atoms with van der Waals surface area (Å²) in [6.45, 7) is 0.553. The first-order chi connectivity index (χ1) is 12.3. The van der Waals surface area contributed by atoms with Gasteiger partial charge >= 0.3 is 0 Å². The van der Waals surface area contributed by atoms with Gasteiger partial charge in [0, 0.05) is 18.9 Å². The lowest BCUT2D eigenvalue weighted by Gasteiger charge is -2.37. The topological polar surface area (TPSA) is 33.2 Å². The molecule has 1 atom stereocenters. The minimum absolute atomic E-state index is 0.112. The van der Waals surface area contributed by atoms with Crippen LogP contribution in [0.25, 0.3) is 0 Å². The molecule has 3 aromatic rings. The Labute approximate surface area is 145 Å². The zero-order valence-electron chi connectivity index (χ0n) is 13.6. The molecule has 0 aliphatic carbocycles. The number of hydrogen-bond donors (Lipinski definition) is 0. The van der Waals surface area contributed by atoms with Gasteiger partial charge in [-0.2, -0.15) is 0 Å². The van der Waals surface area contributed by atoms with Crippen molar-refractivity contribution in [3.63, 3.8) is 0 Å². The number of aromatic nitrogens is 1. The summed E-state index contributed by atoms with van der Waals surface area (Å²) in [6, 6.07) is 17.9. The van der Waals surface area contributed by atoms with E-state index in [1.807, 2.05) is 30.3 Å². The van der Waals surface area contributed by atoms with Gasteiger partial charge in [-0.15, -0.1) is 0 Å². The van der Waals surface area contributed by atoms with E-state index in [1.54, 1.807) is 35.5 Å². The molecule has 0 fully saturated rings. The highest BCUT2D eigenvalue weighted by Crippen LogP contribution is 2.35. The van der Waals surface area contributed by atoms with Gasteiger partial charge in [0.15, 0.2) is 0 Å². The first-order valence-electron chi connectivity index (χ1n) is 8.29. The average molecular weight is 332 g/mol. The number of fused-ring (bicyclic) bond motifs is 1. The van der Waals surface area contributed by atoms with Crippen molar-refractivity contribution in [2.24, 2.45) is 0 Å². The van der Waals surface area contributed by atoms with Crippen LogP contribution in [0.3, 0.4) is 0 Å². The van der Waals surface area contributed by atoms with E-state index < -0.39 is 5.82 Å². The van der Waals surface area contributed by atoms with Gasteiger partial charge in [-0.1, -0.05) is 36.4 Å². The zero-order chi connectivity index (χ0) is 17.2. The highest BCUT2D eigenvalue weighted by atomic mass is 19.1. The number of hydrogen-bond acceptors (Lipinski definition) is 2. The molecule has 2 heterocycles. The molecule has 0 bridgehead atoms. The van der Waals surface area contributed by atoms with Crippen LogP contribution in [0, 0.1) is 5.82 Å². The van der Waals surface area contributed by atoms with Gasteiger partial charge in [0.2, 0.25) is 0 Å². The molecule has 124 valence electrons. The monoisotopic (exact) mass is 332 g/mol. The number of carbonyl (C=O) groups excluding carboxylic acids is 1. The Hall–Kier alpha value is -3.01. The van der Waals surface area contributed by atoms with Crippen molar-refractivity contribution in [2.75, 3.05) is 6.54 Å². The largest absolute Gasteiger partial charge is 0.327 e. The number of benzene rings is 2. The molecule has 2 aromatic carbocycles. The SMILES string of the molecule is O=C(c1ccccc1F)N1CCc2ccccc2C1c1ccncc1. The zero-order valence-corrected chi connectivity index (χ0v) is 13.6. The first-order valence-corrected chi connectivity index (χ1v) is 8.29.